The molecule has 2 aromatic carbocycles. The van der Waals surface area contributed by atoms with E-state index in [4.69, 9.17) is 16.2 Å². The smallest absolute Gasteiger partial charge is 0.118 e. The lowest BCUT2D eigenvalue weighted by Crippen LogP contribution is -2.20. The fourth-order valence-corrected chi connectivity index (χ4v) is 1.84. The van der Waals surface area contributed by atoms with E-state index in [-0.39, 0.29) is 6.04 Å². The molecule has 0 fully saturated rings. The normalized spacial score (nSPS) is 12.2. The van der Waals surface area contributed by atoms with Gasteiger partial charge in [-0.2, -0.15) is 0 Å². The summed E-state index contributed by atoms with van der Waals surface area (Å²) in [4.78, 5) is 0. The topological polar surface area (TPSA) is 61.3 Å². The van der Waals surface area contributed by atoms with Crippen molar-refractivity contribution in [1.29, 1.82) is 0 Å². The van der Waals surface area contributed by atoms with E-state index in [1.807, 2.05) is 36.4 Å². The minimum absolute atomic E-state index is 0.0880. The van der Waals surface area contributed by atoms with Gasteiger partial charge >= 0.3 is 0 Å². The number of ether oxygens (including phenoxy) is 1. The van der Waals surface area contributed by atoms with Crippen molar-refractivity contribution in [2.75, 3.05) is 13.7 Å². The number of benzene rings is 2. The first-order valence-electron chi connectivity index (χ1n) is 5.94. The molecule has 4 N–H and O–H groups in total. The summed E-state index contributed by atoms with van der Waals surface area (Å²) < 4.78 is 5.14. The van der Waals surface area contributed by atoms with Gasteiger partial charge < -0.3 is 16.2 Å². The predicted molar refractivity (Wildman–Crippen MR) is 74.4 cm³/mol. The molecule has 0 spiro atoms. The highest BCUT2D eigenvalue weighted by Gasteiger charge is 2.04. The van der Waals surface area contributed by atoms with Crippen LogP contribution in [0.3, 0.4) is 0 Å². The van der Waals surface area contributed by atoms with Crippen LogP contribution in [0.25, 0.3) is 11.1 Å². The molecule has 0 amide bonds. The first-order chi connectivity index (χ1) is 8.74. The molecule has 0 aliphatic carbocycles. The molecule has 0 saturated carbocycles. The lowest BCUT2D eigenvalue weighted by Gasteiger charge is -2.10. The number of hydrogen-bond donors (Lipinski definition) is 2. The maximum absolute atomic E-state index is 5.88. The van der Waals surface area contributed by atoms with E-state index in [1.54, 1.807) is 7.11 Å². The second-order valence-corrected chi connectivity index (χ2v) is 4.19. The Morgan fingerprint density at radius 3 is 1.89 bits per heavy atom. The maximum atomic E-state index is 5.88. The monoisotopic (exact) mass is 242 g/mol. The van der Waals surface area contributed by atoms with Gasteiger partial charge in [-0.15, -0.1) is 0 Å². The molecule has 0 bridgehead atoms. The molecule has 0 aliphatic rings. The Hall–Kier alpha value is -1.84. The van der Waals surface area contributed by atoms with Gasteiger partial charge in [0.1, 0.15) is 5.75 Å². The quantitative estimate of drug-likeness (QED) is 0.865. The van der Waals surface area contributed by atoms with E-state index in [1.165, 1.54) is 0 Å². The summed E-state index contributed by atoms with van der Waals surface area (Å²) in [5.41, 5.74) is 14.8. The molecule has 94 valence electrons. The highest BCUT2D eigenvalue weighted by Crippen LogP contribution is 2.23. The molecule has 0 aliphatic heterocycles. The Kier molecular flexibility index (Phi) is 3.97. The number of methoxy groups -OCH3 is 1. The van der Waals surface area contributed by atoms with Crippen LogP contribution in [0.4, 0.5) is 0 Å². The molecule has 2 aromatic rings. The van der Waals surface area contributed by atoms with Crippen molar-refractivity contribution in [2.24, 2.45) is 11.5 Å². The molecule has 1 atom stereocenters. The van der Waals surface area contributed by atoms with Crippen molar-refractivity contribution in [3.05, 3.63) is 54.1 Å². The van der Waals surface area contributed by atoms with E-state index in [2.05, 4.69) is 12.1 Å². The molecular formula is C15H18N2O. The minimum atomic E-state index is -0.0880. The third-order valence-electron chi connectivity index (χ3n) is 3.02. The lowest BCUT2D eigenvalue weighted by molar-refractivity contribution is 0.415. The summed E-state index contributed by atoms with van der Waals surface area (Å²) in [5, 5.41) is 0. The molecule has 2 rings (SSSR count). The van der Waals surface area contributed by atoms with Gasteiger partial charge in [0.25, 0.3) is 0 Å². The average molecular weight is 242 g/mol. The van der Waals surface area contributed by atoms with Crippen LogP contribution < -0.4 is 16.2 Å². The van der Waals surface area contributed by atoms with Gasteiger partial charge in [-0.05, 0) is 28.8 Å². The summed E-state index contributed by atoms with van der Waals surface area (Å²) in [6, 6.07) is 16.1. The second kappa shape index (κ2) is 5.67. The van der Waals surface area contributed by atoms with Crippen molar-refractivity contribution >= 4 is 0 Å². The van der Waals surface area contributed by atoms with Crippen molar-refractivity contribution < 1.29 is 4.74 Å². The Bertz CT molecular complexity index is 491. The van der Waals surface area contributed by atoms with Crippen LogP contribution in [-0.2, 0) is 0 Å². The first kappa shape index (κ1) is 12.6. The zero-order valence-corrected chi connectivity index (χ0v) is 10.5. The van der Waals surface area contributed by atoms with Crippen LogP contribution in [0, 0.1) is 0 Å². The fraction of sp³-hybridized carbons (Fsp3) is 0.200. The van der Waals surface area contributed by atoms with Crippen molar-refractivity contribution in [2.45, 2.75) is 6.04 Å². The molecule has 3 heteroatoms. The summed E-state index contributed by atoms with van der Waals surface area (Å²) in [6.07, 6.45) is 0. The van der Waals surface area contributed by atoms with E-state index in [0.29, 0.717) is 6.54 Å². The average Bonchev–Trinajstić information content (AvgIpc) is 2.47. The maximum Gasteiger partial charge on any atom is 0.118 e. The van der Waals surface area contributed by atoms with Gasteiger partial charge in [0.2, 0.25) is 0 Å². The second-order valence-electron chi connectivity index (χ2n) is 4.19. The Balaban J connectivity index is 2.22. The van der Waals surface area contributed by atoms with Crippen LogP contribution in [0.5, 0.6) is 5.75 Å². The van der Waals surface area contributed by atoms with E-state index in [0.717, 1.165) is 22.4 Å². The van der Waals surface area contributed by atoms with Gasteiger partial charge in [0, 0.05) is 12.6 Å². The SMILES string of the molecule is COc1ccc(-c2ccc(C(N)CN)cc2)cc1. The van der Waals surface area contributed by atoms with Gasteiger partial charge in [0.15, 0.2) is 0 Å². The van der Waals surface area contributed by atoms with Crippen LogP contribution in [0.1, 0.15) is 11.6 Å². The largest absolute Gasteiger partial charge is 0.497 e. The van der Waals surface area contributed by atoms with Crippen molar-refractivity contribution in [3.63, 3.8) is 0 Å². The van der Waals surface area contributed by atoms with Gasteiger partial charge in [-0.1, -0.05) is 36.4 Å². The zero-order chi connectivity index (χ0) is 13.0. The van der Waals surface area contributed by atoms with Gasteiger partial charge in [0.05, 0.1) is 7.11 Å². The first-order valence-corrected chi connectivity index (χ1v) is 5.94. The molecule has 18 heavy (non-hydrogen) atoms. The standard InChI is InChI=1S/C15H18N2O/c1-18-14-8-6-12(7-9-14)11-2-4-13(5-3-11)15(17)10-16/h2-9,15H,10,16-17H2,1H3. The van der Waals surface area contributed by atoms with Crippen molar-refractivity contribution in [1.82, 2.24) is 0 Å². The van der Waals surface area contributed by atoms with Gasteiger partial charge in [-0.25, -0.2) is 0 Å². The van der Waals surface area contributed by atoms with Crippen LogP contribution in [0.15, 0.2) is 48.5 Å². The predicted octanol–water partition coefficient (Wildman–Crippen LogP) is 2.32. The van der Waals surface area contributed by atoms with Gasteiger partial charge in [-0.3, -0.25) is 0 Å². The molecule has 0 aromatic heterocycles. The minimum Gasteiger partial charge on any atom is -0.497 e. The number of rotatable bonds is 4. The highest BCUT2D eigenvalue weighted by atomic mass is 16.5. The molecule has 3 nitrogen and oxygen atoms in total. The van der Waals surface area contributed by atoms with E-state index >= 15 is 0 Å². The van der Waals surface area contributed by atoms with Crippen molar-refractivity contribution in [3.8, 4) is 16.9 Å². The van der Waals surface area contributed by atoms with Crippen LogP contribution in [0.2, 0.25) is 0 Å². The Morgan fingerprint density at radius 2 is 1.44 bits per heavy atom. The summed E-state index contributed by atoms with van der Waals surface area (Å²) in [5.74, 6) is 0.862. The Morgan fingerprint density at radius 1 is 0.944 bits per heavy atom. The molecule has 0 radical (unpaired) electrons. The molecule has 1 unspecified atom stereocenters. The number of hydrogen-bond acceptors (Lipinski definition) is 3. The highest BCUT2D eigenvalue weighted by molar-refractivity contribution is 5.64. The third kappa shape index (κ3) is 2.70. The summed E-state index contributed by atoms with van der Waals surface area (Å²) in [6.45, 7) is 0.460. The fourth-order valence-electron chi connectivity index (χ4n) is 1.84. The summed E-state index contributed by atoms with van der Waals surface area (Å²) >= 11 is 0. The third-order valence-corrected chi connectivity index (χ3v) is 3.02. The Labute approximate surface area is 107 Å². The zero-order valence-electron chi connectivity index (χ0n) is 10.5. The molecule has 0 saturated heterocycles. The van der Waals surface area contributed by atoms with E-state index in [9.17, 15) is 0 Å². The van der Waals surface area contributed by atoms with Crippen LogP contribution in [-0.4, -0.2) is 13.7 Å². The molecule has 0 heterocycles. The lowest BCUT2D eigenvalue weighted by atomic mass is 10.0. The molecular weight excluding hydrogens is 224 g/mol. The van der Waals surface area contributed by atoms with E-state index < -0.39 is 0 Å². The summed E-state index contributed by atoms with van der Waals surface area (Å²) in [7, 11) is 1.66. The number of nitrogens with two attached hydrogens (primary N) is 2. The van der Waals surface area contributed by atoms with Crippen LogP contribution >= 0.6 is 0 Å².